The third kappa shape index (κ3) is 1.70. The van der Waals surface area contributed by atoms with Gasteiger partial charge in [-0.05, 0) is 36.8 Å². The molecule has 2 nitrogen and oxygen atoms in total. The van der Waals surface area contributed by atoms with E-state index in [2.05, 4.69) is 0 Å². The number of hydrogen-bond acceptors (Lipinski definition) is 2. The van der Waals surface area contributed by atoms with Crippen molar-refractivity contribution in [1.82, 2.24) is 0 Å². The predicted molar refractivity (Wildman–Crippen MR) is 57.8 cm³/mol. The summed E-state index contributed by atoms with van der Waals surface area (Å²) >= 11 is 0. The number of nitrogens with zero attached hydrogens (tertiary/aromatic N) is 1. The van der Waals surface area contributed by atoms with Crippen LogP contribution in [-0.2, 0) is 0 Å². The van der Waals surface area contributed by atoms with Gasteiger partial charge in [0.05, 0.1) is 0 Å². The number of aliphatic hydroxyl groups excluding tert-OH is 1. The zero-order valence-electron chi connectivity index (χ0n) is 8.09. The van der Waals surface area contributed by atoms with E-state index in [4.69, 9.17) is 0 Å². The van der Waals surface area contributed by atoms with Gasteiger partial charge in [0.25, 0.3) is 0 Å². The molecule has 1 aliphatic rings. The Hall–Kier alpha value is -1.54. The van der Waals surface area contributed by atoms with Gasteiger partial charge in [0.15, 0.2) is 6.23 Å². The highest BCUT2D eigenvalue weighted by Gasteiger charge is 2.13. The first-order valence-electron chi connectivity index (χ1n) is 4.65. The van der Waals surface area contributed by atoms with Crippen LogP contribution in [0.5, 0.6) is 0 Å². The van der Waals surface area contributed by atoms with E-state index in [-0.39, 0.29) is 0 Å². The van der Waals surface area contributed by atoms with Gasteiger partial charge in [-0.25, -0.2) is 0 Å². The van der Waals surface area contributed by atoms with E-state index in [1.807, 2.05) is 60.5 Å². The van der Waals surface area contributed by atoms with E-state index in [1.54, 1.807) is 0 Å². The van der Waals surface area contributed by atoms with Crippen molar-refractivity contribution >= 4 is 5.69 Å². The molecule has 1 unspecified atom stereocenters. The molecular weight excluding hydrogens is 174 g/mol. The number of aliphatic hydroxyl groups is 1. The van der Waals surface area contributed by atoms with E-state index >= 15 is 0 Å². The highest BCUT2D eigenvalue weighted by Crippen LogP contribution is 2.20. The van der Waals surface area contributed by atoms with Crippen molar-refractivity contribution in [2.75, 3.05) is 4.90 Å². The zero-order chi connectivity index (χ0) is 9.97. The molecule has 2 rings (SSSR count). The molecule has 0 aliphatic carbocycles. The summed E-state index contributed by atoms with van der Waals surface area (Å²) in [5.74, 6) is 0. The minimum Gasteiger partial charge on any atom is -0.370 e. The molecule has 0 aromatic heterocycles. The molecular formula is C12H13NO. The molecule has 0 radical (unpaired) electrons. The summed E-state index contributed by atoms with van der Waals surface area (Å²) in [4.78, 5) is 1.83. The second-order valence-electron chi connectivity index (χ2n) is 3.38. The first kappa shape index (κ1) is 9.03. The molecule has 0 bridgehead atoms. The van der Waals surface area contributed by atoms with Crippen molar-refractivity contribution < 1.29 is 5.11 Å². The lowest BCUT2D eigenvalue weighted by Crippen LogP contribution is -2.30. The van der Waals surface area contributed by atoms with Crippen LogP contribution in [0.15, 0.2) is 54.3 Å². The van der Waals surface area contributed by atoms with Gasteiger partial charge in [-0.3, -0.25) is 0 Å². The lowest BCUT2D eigenvalue weighted by atomic mass is 10.2. The van der Waals surface area contributed by atoms with E-state index in [0.29, 0.717) is 0 Å². The highest BCUT2D eigenvalue weighted by molar-refractivity contribution is 5.52. The number of rotatable bonds is 1. The van der Waals surface area contributed by atoms with Crippen molar-refractivity contribution in [3.8, 4) is 0 Å². The monoisotopic (exact) mass is 187 g/mol. The van der Waals surface area contributed by atoms with Gasteiger partial charge in [0, 0.05) is 11.9 Å². The van der Waals surface area contributed by atoms with Crippen molar-refractivity contribution in [2.45, 2.75) is 13.2 Å². The summed E-state index contributed by atoms with van der Waals surface area (Å²) in [6, 6.07) is 9.83. The SMILES string of the molecule is CC1=CC(O)N(c2ccccc2)C=C1. The van der Waals surface area contributed by atoms with Crippen LogP contribution in [-0.4, -0.2) is 11.3 Å². The second kappa shape index (κ2) is 3.68. The lowest BCUT2D eigenvalue weighted by Gasteiger charge is -2.27. The van der Waals surface area contributed by atoms with Gasteiger partial charge in [-0.15, -0.1) is 0 Å². The maximum Gasteiger partial charge on any atom is 0.150 e. The smallest absolute Gasteiger partial charge is 0.150 e. The zero-order valence-corrected chi connectivity index (χ0v) is 8.09. The first-order valence-corrected chi connectivity index (χ1v) is 4.65. The number of allylic oxidation sites excluding steroid dienone is 2. The van der Waals surface area contributed by atoms with Crippen molar-refractivity contribution in [3.63, 3.8) is 0 Å². The second-order valence-corrected chi connectivity index (χ2v) is 3.38. The van der Waals surface area contributed by atoms with Crippen LogP contribution >= 0.6 is 0 Å². The Balaban J connectivity index is 2.26. The summed E-state index contributed by atoms with van der Waals surface area (Å²) in [7, 11) is 0. The predicted octanol–water partition coefficient (Wildman–Crippen LogP) is 2.29. The third-order valence-corrected chi connectivity index (χ3v) is 2.25. The van der Waals surface area contributed by atoms with Crippen LogP contribution in [0, 0.1) is 0 Å². The first-order chi connectivity index (χ1) is 6.77. The van der Waals surface area contributed by atoms with Crippen LogP contribution < -0.4 is 4.90 Å². The van der Waals surface area contributed by atoms with E-state index in [1.165, 1.54) is 0 Å². The van der Waals surface area contributed by atoms with Crippen LogP contribution in [0.1, 0.15) is 6.92 Å². The molecule has 1 aromatic carbocycles. The molecule has 0 amide bonds. The molecule has 1 heterocycles. The maximum atomic E-state index is 9.79. The van der Waals surface area contributed by atoms with Crippen LogP contribution in [0.4, 0.5) is 5.69 Å². The average Bonchev–Trinajstić information content (AvgIpc) is 2.19. The molecule has 0 fully saturated rings. The summed E-state index contributed by atoms with van der Waals surface area (Å²) in [6.07, 6.45) is 5.16. The molecule has 0 saturated carbocycles. The molecule has 1 aromatic rings. The molecule has 2 heteroatoms. The van der Waals surface area contributed by atoms with E-state index < -0.39 is 6.23 Å². The van der Waals surface area contributed by atoms with Gasteiger partial charge < -0.3 is 10.0 Å². The summed E-state index contributed by atoms with van der Waals surface area (Å²) in [5.41, 5.74) is 2.09. The number of para-hydroxylation sites is 1. The standard InChI is InChI=1S/C12H13NO/c1-10-7-8-13(12(14)9-10)11-5-3-2-4-6-11/h2-9,12,14H,1H3. The maximum absolute atomic E-state index is 9.79. The Morgan fingerprint density at radius 3 is 2.57 bits per heavy atom. The highest BCUT2D eigenvalue weighted by atomic mass is 16.3. The molecule has 1 aliphatic heterocycles. The van der Waals surface area contributed by atoms with Gasteiger partial charge in [0.1, 0.15) is 0 Å². The number of benzene rings is 1. The topological polar surface area (TPSA) is 23.5 Å². The lowest BCUT2D eigenvalue weighted by molar-refractivity contribution is 0.226. The van der Waals surface area contributed by atoms with Crippen LogP contribution in [0.2, 0.25) is 0 Å². The summed E-state index contributed by atoms with van der Waals surface area (Å²) in [5, 5.41) is 9.79. The molecule has 0 saturated heterocycles. The van der Waals surface area contributed by atoms with Gasteiger partial charge in [-0.2, -0.15) is 0 Å². The Morgan fingerprint density at radius 2 is 1.93 bits per heavy atom. The van der Waals surface area contributed by atoms with Crippen molar-refractivity contribution in [2.24, 2.45) is 0 Å². The Bertz CT molecular complexity index is 367. The Morgan fingerprint density at radius 1 is 1.21 bits per heavy atom. The fourth-order valence-electron chi connectivity index (χ4n) is 1.50. The fourth-order valence-corrected chi connectivity index (χ4v) is 1.50. The Kier molecular flexibility index (Phi) is 2.37. The summed E-state index contributed by atoms with van der Waals surface area (Å²) in [6.45, 7) is 1.97. The normalized spacial score (nSPS) is 20.9. The fraction of sp³-hybridized carbons (Fsp3) is 0.167. The van der Waals surface area contributed by atoms with Gasteiger partial charge >= 0.3 is 0 Å². The minimum atomic E-state index is -0.553. The molecule has 14 heavy (non-hydrogen) atoms. The average molecular weight is 187 g/mol. The largest absolute Gasteiger partial charge is 0.370 e. The van der Waals surface area contributed by atoms with Crippen molar-refractivity contribution in [3.05, 3.63) is 54.3 Å². The van der Waals surface area contributed by atoms with E-state index in [0.717, 1.165) is 11.3 Å². The molecule has 0 spiro atoms. The van der Waals surface area contributed by atoms with Crippen LogP contribution in [0.25, 0.3) is 0 Å². The summed E-state index contributed by atoms with van der Waals surface area (Å²) < 4.78 is 0. The van der Waals surface area contributed by atoms with Gasteiger partial charge in [0.2, 0.25) is 0 Å². The van der Waals surface area contributed by atoms with Crippen LogP contribution in [0.3, 0.4) is 0 Å². The van der Waals surface area contributed by atoms with E-state index in [9.17, 15) is 5.11 Å². The number of hydrogen-bond donors (Lipinski definition) is 1. The van der Waals surface area contributed by atoms with Gasteiger partial charge in [-0.1, -0.05) is 18.2 Å². The quantitative estimate of drug-likeness (QED) is 0.729. The molecule has 1 N–H and O–H groups in total. The van der Waals surface area contributed by atoms with Crippen molar-refractivity contribution in [1.29, 1.82) is 0 Å². The molecule has 1 atom stereocenters. The minimum absolute atomic E-state index is 0.553. The molecule has 72 valence electrons. The third-order valence-electron chi connectivity index (χ3n) is 2.25. The Labute approximate surface area is 83.8 Å². The number of anilines is 1.